The zero-order valence-electron chi connectivity index (χ0n) is 15.2. The molecule has 2 heterocycles. The van der Waals surface area contributed by atoms with E-state index in [0.717, 1.165) is 12.1 Å². The maximum absolute atomic E-state index is 13.5. The SMILES string of the molecule is C[C@H](c1ccc(F)c(F)c1)N(C)C(=O)[C@H]1CC(=O)N([C@@H]2CCS(=O)(=O)C2)C1. The van der Waals surface area contributed by atoms with Crippen LogP contribution >= 0.6 is 0 Å². The average Bonchev–Trinajstić information content (AvgIpc) is 3.17. The van der Waals surface area contributed by atoms with Crippen molar-refractivity contribution in [1.82, 2.24) is 9.80 Å². The van der Waals surface area contributed by atoms with E-state index in [1.54, 1.807) is 14.0 Å². The monoisotopic (exact) mass is 400 g/mol. The summed E-state index contributed by atoms with van der Waals surface area (Å²) in [6.45, 7) is 1.88. The van der Waals surface area contributed by atoms with Gasteiger partial charge in [-0.05, 0) is 31.0 Å². The van der Waals surface area contributed by atoms with Crippen molar-refractivity contribution in [2.45, 2.75) is 31.8 Å². The van der Waals surface area contributed by atoms with Crippen LogP contribution in [0.25, 0.3) is 0 Å². The summed E-state index contributed by atoms with van der Waals surface area (Å²) in [5, 5.41) is 0. The number of nitrogens with zero attached hydrogens (tertiary/aromatic N) is 2. The lowest BCUT2D eigenvalue weighted by Crippen LogP contribution is -2.40. The summed E-state index contributed by atoms with van der Waals surface area (Å²) < 4.78 is 49.9. The Labute approximate surface area is 157 Å². The van der Waals surface area contributed by atoms with Crippen LogP contribution in [0.2, 0.25) is 0 Å². The molecule has 6 nitrogen and oxygen atoms in total. The molecule has 148 valence electrons. The van der Waals surface area contributed by atoms with Gasteiger partial charge in [0.05, 0.1) is 23.5 Å². The first-order valence-corrected chi connectivity index (χ1v) is 10.6. The van der Waals surface area contributed by atoms with Crippen LogP contribution in [0.4, 0.5) is 8.78 Å². The van der Waals surface area contributed by atoms with Crippen molar-refractivity contribution in [3.05, 3.63) is 35.4 Å². The largest absolute Gasteiger partial charge is 0.339 e. The van der Waals surface area contributed by atoms with E-state index in [9.17, 15) is 26.8 Å². The molecule has 1 aromatic rings. The Kier molecular flexibility index (Phi) is 5.24. The van der Waals surface area contributed by atoms with E-state index in [1.165, 1.54) is 15.9 Å². The summed E-state index contributed by atoms with van der Waals surface area (Å²) in [6, 6.07) is 2.63. The number of benzene rings is 1. The smallest absolute Gasteiger partial charge is 0.228 e. The molecule has 0 N–H and O–H groups in total. The maximum atomic E-state index is 13.5. The molecule has 3 rings (SSSR count). The van der Waals surface area contributed by atoms with Crippen LogP contribution in [0.15, 0.2) is 18.2 Å². The molecule has 3 atom stereocenters. The lowest BCUT2D eigenvalue weighted by atomic mass is 10.0. The van der Waals surface area contributed by atoms with Gasteiger partial charge in [0.1, 0.15) is 0 Å². The predicted octanol–water partition coefficient (Wildman–Crippen LogP) is 1.52. The summed E-state index contributed by atoms with van der Waals surface area (Å²) in [4.78, 5) is 28.0. The molecule has 0 unspecified atom stereocenters. The lowest BCUT2D eigenvalue weighted by Gasteiger charge is -2.28. The normalized spacial score (nSPS) is 25.6. The summed E-state index contributed by atoms with van der Waals surface area (Å²) >= 11 is 0. The molecule has 2 aliphatic rings. The highest BCUT2D eigenvalue weighted by Gasteiger charge is 2.43. The zero-order chi connectivity index (χ0) is 19.9. The second-order valence-corrected chi connectivity index (χ2v) is 9.53. The molecule has 0 radical (unpaired) electrons. The number of halogens is 2. The molecular weight excluding hydrogens is 378 g/mol. The van der Waals surface area contributed by atoms with Gasteiger partial charge in [0.25, 0.3) is 0 Å². The number of hydrogen-bond acceptors (Lipinski definition) is 4. The van der Waals surface area contributed by atoms with Crippen molar-refractivity contribution in [3.63, 3.8) is 0 Å². The third-order valence-corrected chi connectivity index (χ3v) is 7.26. The number of sulfone groups is 1. The topological polar surface area (TPSA) is 74.8 Å². The summed E-state index contributed by atoms with van der Waals surface area (Å²) in [5.74, 6) is -2.99. The quantitative estimate of drug-likeness (QED) is 0.768. The number of hydrogen-bond donors (Lipinski definition) is 0. The molecule has 0 aliphatic carbocycles. The number of carbonyl (C=O) groups is 2. The van der Waals surface area contributed by atoms with Crippen LogP contribution in [0, 0.1) is 17.6 Å². The molecular formula is C18H22F2N2O4S. The van der Waals surface area contributed by atoms with Gasteiger partial charge in [-0.25, -0.2) is 17.2 Å². The van der Waals surface area contributed by atoms with Crippen molar-refractivity contribution in [2.75, 3.05) is 25.1 Å². The van der Waals surface area contributed by atoms with Crippen LogP contribution < -0.4 is 0 Å². The van der Waals surface area contributed by atoms with Gasteiger partial charge in [-0.3, -0.25) is 9.59 Å². The number of amides is 2. The molecule has 2 saturated heterocycles. The van der Waals surface area contributed by atoms with E-state index < -0.39 is 33.4 Å². The third-order valence-electron chi connectivity index (χ3n) is 5.51. The Morgan fingerprint density at radius 3 is 2.59 bits per heavy atom. The molecule has 27 heavy (non-hydrogen) atoms. The predicted molar refractivity (Wildman–Crippen MR) is 94.4 cm³/mol. The minimum Gasteiger partial charge on any atom is -0.339 e. The average molecular weight is 400 g/mol. The van der Waals surface area contributed by atoms with Gasteiger partial charge in [0, 0.05) is 26.1 Å². The van der Waals surface area contributed by atoms with Gasteiger partial charge in [-0.15, -0.1) is 0 Å². The lowest BCUT2D eigenvalue weighted by molar-refractivity contribution is -0.136. The van der Waals surface area contributed by atoms with E-state index in [-0.39, 0.29) is 42.3 Å². The molecule has 2 amide bonds. The summed E-state index contributed by atoms with van der Waals surface area (Å²) in [5.41, 5.74) is 0.452. The molecule has 2 fully saturated rings. The van der Waals surface area contributed by atoms with Crippen LogP contribution in [0.3, 0.4) is 0 Å². The van der Waals surface area contributed by atoms with Crippen LogP contribution in [-0.2, 0) is 19.4 Å². The zero-order valence-corrected chi connectivity index (χ0v) is 16.0. The Morgan fingerprint density at radius 1 is 1.30 bits per heavy atom. The van der Waals surface area contributed by atoms with Gasteiger partial charge < -0.3 is 9.80 Å². The second-order valence-electron chi connectivity index (χ2n) is 7.30. The van der Waals surface area contributed by atoms with Crippen molar-refractivity contribution < 1.29 is 26.8 Å². The second kappa shape index (κ2) is 7.18. The van der Waals surface area contributed by atoms with E-state index >= 15 is 0 Å². The van der Waals surface area contributed by atoms with Crippen LogP contribution in [0.1, 0.15) is 31.4 Å². The van der Waals surface area contributed by atoms with Crippen LogP contribution in [-0.4, -0.2) is 61.2 Å². The molecule has 0 aromatic heterocycles. The molecule has 0 saturated carbocycles. The fraction of sp³-hybridized carbons (Fsp3) is 0.556. The first-order valence-electron chi connectivity index (χ1n) is 8.80. The van der Waals surface area contributed by atoms with E-state index in [1.807, 2.05) is 0 Å². The summed E-state index contributed by atoms with van der Waals surface area (Å²) in [6.07, 6.45) is 0.431. The maximum Gasteiger partial charge on any atom is 0.228 e. The van der Waals surface area contributed by atoms with E-state index in [4.69, 9.17) is 0 Å². The van der Waals surface area contributed by atoms with Crippen molar-refractivity contribution >= 4 is 21.7 Å². The van der Waals surface area contributed by atoms with E-state index in [2.05, 4.69) is 0 Å². The number of likely N-dealkylation sites (tertiary alicyclic amines) is 1. The molecule has 2 aliphatic heterocycles. The van der Waals surface area contributed by atoms with E-state index in [0.29, 0.717) is 12.0 Å². The Balaban J connectivity index is 1.68. The van der Waals surface area contributed by atoms with Gasteiger partial charge in [-0.1, -0.05) is 6.07 Å². The Morgan fingerprint density at radius 2 is 2.00 bits per heavy atom. The van der Waals surface area contributed by atoms with Gasteiger partial charge in [0.2, 0.25) is 11.8 Å². The van der Waals surface area contributed by atoms with Crippen LogP contribution in [0.5, 0.6) is 0 Å². The first-order chi connectivity index (χ1) is 12.6. The van der Waals surface area contributed by atoms with Crippen molar-refractivity contribution in [1.29, 1.82) is 0 Å². The molecule has 1 aromatic carbocycles. The highest BCUT2D eigenvalue weighted by atomic mass is 32.2. The minimum absolute atomic E-state index is 0.0320. The fourth-order valence-electron chi connectivity index (χ4n) is 3.75. The highest BCUT2D eigenvalue weighted by molar-refractivity contribution is 7.91. The van der Waals surface area contributed by atoms with Gasteiger partial charge in [0.15, 0.2) is 21.5 Å². The van der Waals surface area contributed by atoms with Crippen molar-refractivity contribution in [2.24, 2.45) is 5.92 Å². The molecule has 0 spiro atoms. The minimum atomic E-state index is -3.12. The standard InChI is InChI=1S/C18H22F2N2O4S/c1-11(12-3-4-15(19)16(20)7-12)21(2)18(24)13-8-17(23)22(9-13)14-5-6-27(25,26)10-14/h3-4,7,11,13-14H,5-6,8-10H2,1-2H3/t11-,13+,14-/m1/s1. The first kappa shape index (κ1) is 19.7. The highest BCUT2D eigenvalue weighted by Crippen LogP contribution is 2.29. The number of rotatable bonds is 4. The third kappa shape index (κ3) is 3.97. The summed E-state index contributed by atoms with van der Waals surface area (Å²) in [7, 11) is -1.57. The molecule has 0 bridgehead atoms. The number of carbonyl (C=O) groups excluding carboxylic acids is 2. The van der Waals surface area contributed by atoms with Gasteiger partial charge >= 0.3 is 0 Å². The van der Waals surface area contributed by atoms with Gasteiger partial charge in [-0.2, -0.15) is 0 Å². The van der Waals surface area contributed by atoms with Crippen molar-refractivity contribution in [3.8, 4) is 0 Å². The fourth-order valence-corrected chi connectivity index (χ4v) is 5.48. The molecule has 9 heteroatoms. The Hall–Kier alpha value is -2.03. The Bertz CT molecular complexity index is 874.